The van der Waals surface area contributed by atoms with Crippen LogP contribution in [0.15, 0.2) is 72.2 Å². The fourth-order valence-electron chi connectivity index (χ4n) is 4.52. The van der Waals surface area contributed by atoms with Crippen LogP contribution in [0.1, 0.15) is 0 Å². The van der Waals surface area contributed by atoms with E-state index in [2.05, 4.69) is 0 Å². The fourth-order valence-corrected chi connectivity index (χ4v) is 7.65. The molecule has 9 heteroatoms. The van der Waals surface area contributed by atoms with E-state index in [-0.39, 0.29) is 0 Å². The smallest absolute Gasteiger partial charge is 0.331 e. The molecular formula is C25H32N3O5P. The Labute approximate surface area is 201 Å². The minimum Gasteiger partial charge on any atom is -0.469 e. The Morgan fingerprint density at radius 3 is 1.68 bits per heavy atom. The van der Waals surface area contributed by atoms with Gasteiger partial charge in [-0.15, -0.1) is 0 Å². The summed E-state index contributed by atoms with van der Waals surface area (Å²) in [5, 5.41) is 5.10. The molecule has 3 unspecified atom stereocenters. The maximum absolute atomic E-state index is 15.2. The molecule has 0 spiro atoms. The lowest BCUT2D eigenvalue weighted by Gasteiger charge is -2.47. The highest BCUT2D eigenvalue weighted by atomic mass is 31.2. The van der Waals surface area contributed by atoms with Crippen molar-refractivity contribution in [3.8, 4) is 0 Å². The van der Waals surface area contributed by atoms with E-state index in [1.54, 1.807) is 44.4 Å². The van der Waals surface area contributed by atoms with Crippen LogP contribution in [0.2, 0.25) is 0 Å². The van der Waals surface area contributed by atoms with E-state index in [9.17, 15) is 9.59 Å². The van der Waals surface area contributed by atoms with Crippen LogP contribution in [-0.4, -0.2) is 81.4 Å². The molecule has 3 rings (SSSR count). The maximum atomic E-state index is 15.2. The molecule has 0 aliphatic carbocycles. The second kappa shape index (κ2) is 10.6. The van der Waals surface area contributed by atoms with Gasteiger partial charge in [-0.25, -0.2) is 9.80 Å². The van der Waals surface area contributed by atoms with Crippen molar-refractivity contribution in [2.24, 2.45) is 5.92 Å². The number of hydrazine groups is 1. The van der Waals surface area contributed by atoms with E-state index in [1.807, 2.05) is 65.6 Å². The number of rotatable bonds is 7. The average molecular weight is 486 g/mol. The van der Waals surface area contributed by atoms with Gasteiger partial charge < -0.3 is 18.9 Å². The molecule has 0 saturated heterocycles. The zero-order chi connectivity index (χ0) is 25.0. The molecule has 2 aromatic carbocycles. The van der Waals surface area contributed by atoms with Gasteiger partial charge in [-0.2, -0.15) is 0 Å². The predicted octanol–water partition coefficient (Wildman–Crippen LogP) is 1.90. The summed E-state index contributed by atoms with van der Waals surface area (Å²) in [7, 11) is 6.23. The highest BCUT2D eigenvalue weighted by Gasteiger charge is 2.54. The number of hydrogen-bond donors (Lipinski definition) is 0. The molecule has 2 aromatic rings. The Morgan fingerprint density at radius 1 is 0.824 bits per heavy atom. The van der Waals surface area contributed by atoms with Crippen molar-refractivity contribution >= 4 is 29.7 Å². The van der Waals surface area contributed by atoms with E-state index in [0.717, 1.165) is 0 Å². The molecular weight excluding hydrogens is 453 g/mol. The molecule has 34 heavy (non-hydrogen) atoms. The van der Waals surface area contributed by atoms with Crippen LogP contribution in [0.4, 0.5) is 0 Å². The van der Waals surface area contributed by atoms with Gasteiger partial charge in [0.15, 0.2) is 13.2 Å². The number of nitrogens with zero attached hydrogens (tertiary/aromatic N) is 3. The van der Waals surface area contributed by atoms with Gasteiger partial charge in [-0.1, -0.05) is 60.7 Å². The minimum atomic E-state index is -3.45. The standard InChI is InChI=1S/C25H32N3O5P/c1-26(2)22-20(17-28(27(3)4)23(25(30)33-6)21(22)24(29)32-5)34(31,18-13-9-7-10-14-18)19-15-11-8-12-16-19/h7-17,21-23H,1-6H3. The Morgan fingerprint density at radius 2 is 1.29 bits per heavy atom. The SMILES string of the molecule is COC(=O)C1C(N(C)C)C(P(=O)(c2ccccc2)c2ccccc2)=CN(N(C)C)C1C(=O)OC. The van der Waals surface area contributed by atoms with Crippen LogP contribution in [0.25, 0.3) is 0 Å². The van der Waals surface area contributed by atoms with Crippen LogP contribution in [0, 0.1) is 5.92 Å². The third kappa shape index (κ3) is 4.53. The van der Waals surface area contributed by atoms with Gasteiger partial charge in [0.25, 0.3) is 0 Å². The summed E-state index contributed by atoms with van der Waals surface area (Å²) in [5.41, 5.74) is 0. The number of likely N-dealkylation sites (N-methyl/N-ethyl adjacent to an activating group) is 1. The number of ether oxygens (including phenoxy) is 2. The summed E-state index contributed by atoms with van der Waals surface area (Å²) >= 11 is 0. The van der Waals surface area contributed by atoms with Crippen LogP contribution >= 0.6 is 7.14 Å². The van der Waals surface area contributed by atoms with Gasteiger partial charge in [0.2, 0.25) is 0 Å². The van der Waals surface area contributed by atoms with Crippen molar-refractivity contribution in [2.45, 2.75) is 12.1 Å². The highest BCUT2D eigenvalue weighted by molar-refractivity contribution is 7.82. The molecule has 0 fully saturated rings. The molecule has 0 bridgehead atoms. The Kier molecular flexibility index (Phi) is 7.97. The summed E-state index contributed by atoms with van der Waals surface area (Å²) in [6, 6.07) is 16.8. The molecule has 1 aliphatic heterocycles. The first kappa shape index (κ1) is 25.7. The van der Waals surface area contributed by atoms with E-state index in [1.165, 1.54) is 14.2 Å². The molecule has 8 nitrogen and oxygen atoms in total. The van der Waals surface area contributed by atoms with Crippen molar-refractivity contribution in [1.29, 1.82) is 0 Å². The number of benzene rings is 2. The van der Waals surface area contributed by atoms with Crippen LogP contribution in [-0.2, 0) is 23.6 Å². The van der Waals surface area contributed by atoms with Gasteiger partial charge in [-0.05, 0) is 14.1 Å². The predicted molar refractivity (Wildman–Crippen MR) is 132 cm³/mol. The van der Waals surface area contributed by atoms with Gasteiger partial charge in [0, 0.05) is 36.2 Å². The van der Waals surface area contributed by atoms with Gasteiger partial charge in [-0.3, -0.25) is 9.80 Å². The largest absolute Gasteiger partial charge is 0.469 e. The van der Waals surface area contributed by atoms with E-state index in [4.69, 9.17) is 9.47 Å². The number of hydrogen-bond acceptors (Lipinski definition) is 8. The summed E-state index contributed by atoms with van der Waals surface area (Å²) in [5.74, 6) is -2.16. The minimum absolute atomic E-state index is 0.527. The van der Waals surface area contributed by atoms with Crippen molar-refractivity contribution in [3.63, 3.8) is 0 Å². The average Bonchev–Trinajstić information content (AvgIpc) is 2.86. The van der Waals surface area contributed by atoms with Crippen molar-refractivity contribution < 1.29 is 23.6 Å². The van der Waals surface area contributed by atoms with Gasteiger partial charge >= 0.3 is 11.9 Å². The number of carbonyl (C=O) groups excluding carboxylic acids is 2. The second-order valence-corrected chi connectivity index (χ2v) is 11.3. The summed E-state index contributed by atoms with van der Waals surface area (Å²) in [4.78, 5) is 28.0. The lowest BCUT2D eigenvalue weighted by molar-refractivity contribution is -0.167. The van der Waals surface area contributed by atoms with Crippen molar-refractivity contribution in [2.75, 3.05) is 42.4 Å². The number of methoxy groups -OCH3 is 2. The summed E-state index contributed by atoms with van der Waals surface area (Å²) < 4.78 is 25.5. The number of esters is 2. The van der Waals surface area contributed by atoms with E-state index < -0.39 is 37.1 Å². The first-order valence-electron chi connectivity index (χ1n) is 10.9. The molecule has 0 aromatic heterocycles. The Bertz CT molecular complexity index is 1040. The molecule has 1 aliphatic rings. The molecule has 0 radical (unpaired) electrons. The van der Waals surface area contributed by atoms with Crippen LogP contribution < -0.4 is 10.6 Å². The molecule has 182 valence electrons. The van der Waals surface area contributed by atoms with Crippen molar-refractivity contribution in [1.82, 2.24) is 14.9 Å². The monoisotopic (exact) mass is 485 g/mol. The van der Waals surface area contributed by atoms with Crippen LogP contribution in [0.3, 0.4) is 0 Å². The lowest BCUT2D eigenvalue weighted by Crippen LogP contribution is -2.61. The zero-order valence-electron chi connectivity index (χ0n) is 20.4. The molecule has 0 saturated carbocycles. The van der Waals surface area contributed by atoms with Crippen molar-refractivity contribution in [3.05, 3.63) is 72.2 Å². The maximum Gasteiger partial charge on any atom is 0.331 e. The molecule has 0 amide bonds. The fraction of sp³-hybridized carbons (Fsp3) is 0.360. The summed E-state index contributed by atoms with van der Waals surface area (Å²) in [6.45, 7) is 0. The topological polar surface area (TPSA) is 79.4 Å². The normalized spacial score (nSPS) is 20.8. The van der Waals surface area contributed by atoms with E-state index >= 15 is 4.57 Å². The third-order valence-corrected chi connectivity index (χ3v) is 9.23. The lowest BCUT2D eigenvalue weighted by atomic mass is 9.87. The Hall–Kier alpha value is -2.93. The number of carbonyl (C=O) groups is 2. The Balaban J connectivity index is 2.40. The second-order valence-electron chi connectivity index (χ2n) is 8.49. The zero-order valence-corrected chi connectivity index (χ0v) is 21.3. The molecule has 1 heterocycles. The highest BCUT2D eigenvalue weighted by Crippen LogP contribution is 2.57. The first-order valence-corrected chi connectivity index (χ1v) is 12.6. The summed E-state index contributed by atoms with van der Waals surface area (Å²) in [6.07, 6.45) is 1.73. The van der Waals surface area contributed by atoms with Gasteiger partial charge in [0.05, 0.1) is 20.3 Å². The third-order valence-electron chi connectivity index (χ3n) is 6.07. The van der Waals surface area contributed by atoms with Gasteiger partial charge in [0.1, 0.15) is 5.92 Å². The van der Waals surface area contributed by atoms with Crippen LogP contribution in [0.5, 0.6) is 0 Å². The quantitative estimate of drug-likeness (QED) is 0.435. The molecule has 0 N–H and O–H groups in total. The first-order chi connectivity index (χ1) is 16.2. The van der Waals surface area contributed by atoms with E-state index in [0.29, 0.717) is 15.9 Å². The molecule has 3 atom stereocenters.